The number of benzene rings is 1. The van der Waals surface area contributed by atoms with Gasteiger partial charge in [-0.1, -0.05) is 15.9 Å². The number of hydrogen-bond donors (Lipinski definition) is 1. The van der Waals surface area contributed by atoms with E-state index in [1.54, 1.807) is 0 Å². The molecule has 2 nitrogen and oxygen atoms in total. The summed E-state index contributed by atoms with van der Waals surface area (Å²) in [6, 6.07) is 0.772. The average Bonchev–Trinajstić information content (AvgIpc) is 2.15. The molecule has 0 spiro atoms. The minimum absolute atomic E-state index is 0.00896. The molecule has 1 rings (SSSR count). The van der Waals surface area contributed by atoms with Crippen molar-refractivity contribution in [2.24, 2.45) is 5.73 Å². The van der Waals surface area contributed by atoms with Crippen molar-refractivity contribution in [2.45, 2.75) is 12.5 Å². The van der Waals surface area contributed by atoms with E-state index < -0.39 is 18.3 Å². The summed E-state index contributed by atoms with van der Waals surface area (Å²) >= 11 is 3.03. The smallest absolute Gasteiger partial charge is 0.257 e. The van der Waals surface area contributed by atoms with Gasteiger partial charge in [0.15, 0.2) is 0 Å². The monoisotopic (exact) mass is 283 g/mol. The first-order valence-electron chi connectivity index (χ1n) is 4.04. The standard InChI is InChI=1S/C9H9BrF3NO/c1-15-6-3-4(10)2-5(11)7(6)8(14)9(12)13/h2-3,8-9H,14H2,1H3. The van der Waals surface area contributed by atoms with Crippen LogP contribution in [0.5, 0.6) is 5.75 Å². The topological polar surface area (TPSA) is 35.2 Å². The molecule has 0 aromatic heterocycles. The summed E-state index contributed by atoms with van der Waals surface area (Å²) in [6.45, 7) is 0. The number of halogens is 4. The zero-order valence-electron chi connectivity index (χ0n) is 7.81. The Morgan fingerprint density at radius 2 is 2.00 bits per heavy atom. The highest BCUT2D eigenvalue weighted by Gasteiger charge is 2.25. The van der Waals surface area contributed by atoms with Crippen molar-refractivity contribution >= 4 is 15.9 Å². The fraction of sp³-hybridized carbons (Fsp3) is 0.333. The number of alkyl halides is 2. The maximum atomic E-state index is 13.4. The number of hydrogen-bond acceptors (Lipinski definition) is 2. The Bertz CT molecular complexity index is 359. The van der Waals surface area contributed by atoms with Gasteiger partial charge in [-0.25, -0.2) is 13.2 Å². The van der Waals surface area contributed by atoms with Crippen LogP contribution >= 0.6 is 15.9 Å². The molecule has 1 atom stereocenters. The average molecular weight is 284 g/mol. The van der Waals surface area contributed by atoms with Crippen molar-refractivity contribution < 1.29 is 17.9 Å². The summed E-state index contributed by atoms with van der Waals surface area (Å²) in [4.78, 5) is 0. The van der Waals surface area contributed by atoms with Crippen LogP contribution in [-0.2, 0) is 0 Å². The molecule has 84 valence electrons. The molecule has 0 heterocycles. The SMILES string of the molecule is COc1cc(Br)cc(F)c1C(N)C(F)F. The molecule has 2 N–H and O–H groups in total. The second kappa shape index (κ2) is 4.85. The van der Waals surface area contributed by atoms with Crippen molar-refractivity contribution in [2.75, 3.05) is 7.11 Å². The van der Waals surface area contributed by atoms with Crippen LogP contribution in [0.1, 0.15) is 11.6 Å². The number of rotatable bonds is 3. The van der Waals surface area contributed by atoms with Gasteiger partial charge >= 0.3 is 0 Å². The summed E-state index contributed by atoms with van der Waals surface area (Å²) in [5.74, 6) is -0.802. The highest BCUT2D eigenvalue weighted by Crippen LogP contribution is 2.32. The first-order valence-corrected chi connectivity index (χ1v) is 4.83. The highest BCUT2D eigenvalue weighted by molar-refractivity contribution is 9.10. The Morgan fingerprint density at radius 3 is 2.47 bits per heavy atom. The van der Waals surface area contributed by atoms with Gasteiger partial charge in [0.25, 0.3) is 6.43 Å². The third-order valence-corrected chi connectivity index (χ3v) is 2.34. The van der Waals surface area contributed by atoms with Gasteiger partial charge < -0.3 is 10.5 Å². The largest absolute Gasteiger partial charge is 0.496 e. The minimum Gasteiger partial charge on any atom is -0.496 e. The Balaban J connectivity index is 3.26. The van der Waals surface area contributed by atoms with Gasteiger partial charge in [-0.15, -0.1) is 0 Å². The molecule has 1 aromatic carbocycles. The third kappa shape index (κ3) is 2.63. The molecule has 0 saturated heterocycles. The van der Waals surface area contributed by atoms with E-state index in [2.05, 4.69) is 15.9 Å². The predicted octanol–water partition coefficient (Wildman–Crippen LogP) is 2.86. The van der Waals surface area contributed by atoms with Crippen LogP contribution in [0.25, 0.3) is 0 Å². The lowest BCUT2D eigenvalue weighted by molar-refractivity contribution is 0.113. The van der Waals surface area contributed by atoms with E-state index in [9.17, 15) is 13.2 Å². The molecule has 0 radical (unpaired) electrons. The Kier molecular flexibility index (Phi) is 3.98. The zero-order chi connectivity index (χ0) is 11.6. The van der Waals surface area contributed by atoms with E-state index in [0.29, 0.717) is 4.47 Å². The molecule has 0 bridgehead atoms. The summed E-state index contributed by atoms with van der Waals surface area (Å²) < 4.78 is 43.3. The van der Waals surface area contributed by atoms with Gasteiger partial charge in [0.1, 0.15) is 11.6 Å². The van der Waals surface area contributed by atoms with Crippen molar-refractivity contribution in [1.82, 2.24) is 0 Å². The molecule has 0 aliphatic carbocycles. The Morgan fingerprint density at radius 1 is 1.40 bits per heavy atom. The fourth-order valence-electron chi connectivity index (χ4n) is 1.18. The summed E-state index contributed by atoms with van der Waals surface area (Å²) in [6.07, 6.45) is -2.84. The summed E-state index contributed by atoms with van der Waals surface area (Å²) in [7, 11) is 1.27. The second-order valence-corrected chi connectivity index (χ2v) is 3.78. The number of nitrogens with two attached hydrogens (primary N) is 1. The molecule has 6 heteroatoms. The van der Waals surface area contributed by atoms with Crippen molar-refractivity contribution in [3.05, 3.63) is 28.0 Å². The van der Waals surface area contributed by atoms with Crippen molar-refractivity contribution in [1.29, 1.82) is 0 Å². The highest BCUT2D eigenvalue weighted by atomic mass is 79.9. The van der Waals surface area contributed by atoms with E-state index >= 15 is 0 Å². The van der Waals surface area contributed by atoms with Gasteiger partial charge in [0.2, 0.25) is 0 Å². The van der Waals surface area contributed by atoms with Crippen LogP contribution in [0.4, 0.5) is 13.2 Å². The van der Waals surface area contributed by atoms with Crippen LogP contribution in [0, 0.1) is 5.82 Å². The molecule has 1 unspecified atom stereocenters. The van der Waals surface area contributed by atoms with Gasteiger partial charge in [-0.2, -0.15) is 0 Å². The van der Waals surface area contributed by atoms with Gasteiger partial charge in [-0.3, -0.25) is 0 Å². The van der Waals surface area contributed by atoms with E-state index in [-0.39, 0.29) is 11.3 Å². The van der Waals surface area contributed by atoms with E-state index in [1.807, 2.05) is 0 Å². The second-order valence-electron chi connectivity index (χ2n) is 2.86. The number of ether oxygens (including phenoxy) is 1. The normalized spacial score (nSPS) is 13.0. The van der Waals surface area contributed by atoms with E-state index in [1.165, 1.54) is 13.2 Å². The molecule has 0 fully saturated rings. The fourth-order valence-corrected chi connectivity index (χ4v) is 1.59. The molecule has 0 saturated carbocycles. The van der Waals surface area contributed by atoms with Crippen LogP contribution < -0.4 is 10.5 Å². The Hall–Kier alpha value is -0.750. The Labute approximate surface area is 93.3 Å². The van der Waals surface area contributed by atoms with Crippen molar-refractivity contribution in [3.8, 4) is 5.75 Å². The molecule has 15 heavy (non-hydrogen) atoms. The van der Waals surface area contributed by atoms with Crippen LogP contribution in [-0.4, -0.2) is 13.5 Å². The van der Waals surface area contributed by atoms with Crippen LogP contribution in [0.2, 0.25) is 0 Å². The lowest BCUT2D eigenvalue weighted by Gasteiger charge is -2.16. The summed E-state index contributed by atoms with van der Waals surface area (Å²) in [5.41, 5.74) is 4.87. The van der Waals surface area contributed by atoms with Crippen molar-refractivity contribution in [3.63, 3.8) is 0 Å². The first-order chi connectivity index (χ1) is 6.97. The molecule has 1 aromatic rings. The van der Waals surface area contributed by atoms with Gasteiger partial charge in [-0.05, 0) is 12.1 Å². The molecule has 0 amide bonds. The van der Waals surface area contributed by atoms with Gasteiger partial charge in [0.05, 0.1) is 18.7 Å². The molecule has 0 aliphatic heterocycles. The van der Waals surface area contributed by atoms with Crippen LogP contribution in [0.15, 0.2) is 16.6 Å². The minimum atomic E-state index is -2.84. The van der Waals surface area contributed by atoms with E-state index in [0.717, 1.165) is 6.07 Å². The first kappa shape index (κ1) is 12.3. The lowest BCUT2D eigenvalue weighted by Crippen LogP contribution is -2.21. The maximum Gasteiger partial charge on any atom is 0.257 e. The predicted molar refractivity (Wildman–Crippen MR) is 53.6 cm³/mol. The summed E-state index contributed by atoms with van der Waals surface area (Å²) in [5, 5.41) is 0. The molecular weight excluding hydrogens is 275 g/mol. The zero-order valence-corrected chi connectivity index (χ0v) is 9.39. The third-order valence-electron chi connectivity index (χ3n) is 1.88. The number of methoxy groups -OCH3 is 1. The molecular formula is C9H9BrF3NO. The van der Waals surface area contributed by atoms with Crippen LogP contribution in [0.3, 0.4) is 0 Å². The molecule has 0 aliphatic rings. The lowest BCUT2D eigenvalue weighted by atomic mass is 10.1. The maximum absolute atomic E-state index is 13.4. The quantitative estimate of drug-likeness (QED) is 0.926. The van der Waals surface area contributed by atoms with Gasteiger partial charge in [0, 0.05) is 4.47 Å². The van der Waals surface area contributed by atoms with E-state index in [4.69, 9.17) is 10.5 Å².